The molecule has 2 aliphatic rings. The first-order chi connectivity index (χ1) is 17.9. The molecule has 1 atom stereocenters. The van der Waals surface area contributed by atoms with Crippen molar-refractivity contribution >= 4 is 17.5 Å². The van der Waals surface area contributed by atoms with Crippen molar-refractivity contribution in [1.29, 1.82) is 0 Å². The second-order valence-corrected chi connectivity index (χ2v) is 8.57. The first kappa shape index (κ1) is 29.6. The van der Waals surface area contributed by atoms with Crippen LogP contribution in [0.5, 0.6) is 5.75 Å². The van der Waals surface area contributed by atoms with Gasteiger partial charge in [-0.1, -0.05) is 56.3 Å². The Bertz CT molecular complexity index is 1060. The number of nitrogens with one attached hydrogen (secondary N) is 1. The van der Waals surface area contributed by atoms with Gasteiger partial charge in [-0.3, -0.25) is 9.59 Å². The maximum atomic E-state index is 11.6. The van der Waals surface area contributed by atoms with Crippen LogP contribution in [0.4, 0.5) is 5.69 Å². The van der Waals surface area contributed by atoms with Crippen LogP contribution in [0.1, 0.15) is 57.6 Å². The number of anilines is 1. The number of nitrogens with two attached hydrogens (primary N) is 1. The molecule has 7 nitrogen and oxygen atoms in total. The molecule has 0 spiro atoms. The van der Waals surface area contributed by atoms with E-state index in [4.69, 9.17) is 15.2 Å². The summed E-state index contributed by atoms with van der Waals surface area (Å²) in [6.45, 7) is 7.13. The van der Waals surface area contributed by atoms with Crippen molar-refractivity contribution in [3.05, 3.63) is 83.1 Å². The monoisotopic (exact) mass is 508 g/mol. The molecule has 2 aromatic rings. The van der Waals surface area contributed by atoms with Gasteiger partial charge < -0.3 is 25.6 Å². The second kappa shape index (κ2) is 16.2. The number of carbonyl (C=O) groups is 2. The maximum absolute atomic E-state index is 11.6. The Morgan fingerprint density at radius 1 is 1.16 bits per heavy atom. The summed E-state index contributed by atoms with van der Waals surface area (Å²) >= 11 is 0. The lowest BCUT2D eigenvalue weighted by atomic mass is 10.1. The molecule has 4 N–H and O–H groups in total. The summed E-state index contributed by atoms with van der Waals surface area (Å²) in [6.07, 6.45) is 8.23. The van der Waals surface area contributed by atoms with Gasteiger partial charge in [0.25, 0.3) is 0 Å². The van der Waals surface area contributed by atoms with Gasteiger partial charge in [0.2, 0.25) is 11.8 Å². The van der Waals surface area contributed by atoms with Gasteiger partial charge in [0.15, 0.2) is 0 Å². The summed E-state index contributed by atoms with van der Waals surface area (Å²) in [6, 6.07) is 15.5. The highest BCUT2D eigenvalue weighted by Crippen LogP contribution is 2.27. The van der Waals surface area contributed by atoms with E-state index < -0.39 is 5.91 Å². The fraction of sp³-hybridized carbons (Fsp3) is 0.400. The molecule has 2 heterocycles. The number of fused-ring (bicyclic) bond motifs is 1. The zero-order valence-electron chi connectivity index (χ0n) is 22.2. The van der Waals surface area contributed by atoms with Crippen molar-refractivity contribution in [1.82, 2.24) is 0 Å². The van der Waals surface area contributed by atoms with Crippen molar-refractivity contribution in [3.8, 4) is 5.75 Å². The first-order valence-corrected chi connectivity index (χ1v) is 13.0. The number of hydrogen-bond donors (Lipinski definition) is 3. The zero-order chi connectivity index (χ0) is 27.0. The van der Waals surface area contributed by atoms with Gasteiger partial charge in [0.05, 0.1) is 11.9 Å². The number of allylic oxidation sites excluding steroid dienone is 2. The predicted octanol–water partition coefficient (Wildman–Crippen LogP) is 5.65. The minimum absolute atomic E-state index is 0.0926. The normalized spacial score (nSPS) is 17.2. The van der Waals surface area contributed by atoms with Crippen molar-refractivity contribution in [3.63, 3.8) is 0 Å². The molecule has 2 aromatic carbocycles. The number of amides is 2. The van der Waals surface area contributed by atoms with Crippen LogP contribution in [-0.4, -0.2) is 36.2 Å². The van der Waals surface area contributed by atoms with E-state index in [-0.39, 0.29) is 17.8 Å². The molecule has 200 valence electrons. The summed E-state index contributed by atoms with van der Waals surface area (Å²) in [5, 5.41) is 12.6. The van der Waals surface area contributed by atoms with Crippen LogP contribution in [0.2, 0.25) is 0 Å². The number of aliphatic hydroxyl groups excluding tert-OH is 1. The SMILES string of the molecule is C/C=C(/C=C(\O)Cc1ccccc1)C(N)=O.CC.O=C1CCCc2ccc(OCC3CCCO3)cc2N1. The van der Waals surface area contributed by atoms with Crippen molar-refractivity contribution in [2.45, 2.75) is 65.4 Å². The first-order valence-electron chi connectivity index (χ1n) is 13.0. The van der Waals surface area contributed by atoms with E-state index in [9.17, 15) is 14.7 Å². The molecule has 7 heteroatoms. The number of primary amides is 1. The van der Waals surface area contributed by atoms with Crippen molar-refractivity contribution in [2.75, 3.05) is 18.5 Å². The highest BCUT2D eigenvalue weighted by atomic mass is 16.5. The second-order valence-electron chi connectivity index (χ2n) is 8.57. The van der Waals surface area contributed by atoms with Gasteiger partial charge in [-0.15, -0.1) is 0 Å². The Labute approximate surface area is 220 Å². The Morgan fingerprint density at radius 3 is 2.57 bits per heavy atom. The quantitative estimate of drug-likeness (QED) is 0.254. The Kier molecular flexibility index (Phi) is 13.0. The number of ether oxygens (including phenoxy) is 2. The summed E-state index contributed by atoms with van der Waals surface area (Å²) in [4.78, 5) is 22.5. The van der Waals surface area contributed by atoms with Crippen molar-refractivity contribution in [2.24, 2.45) is 5.73 Å². The third-order valence-electron chi connectivity index (χ3n) is 5.81. The molecule has 0 aliphatic carbocycles. The summed E-state index contributed by atoms with van der Waals surface area (Å²) in [5.74, 6) is 0.478. The molecule has 1 fully saturated rings. The highest BCUT2D eigenvalue weighted by molar-refractivity contribution is 5.94. The predicted molar refractivity (Wildman–Crippen MR) is 148 cm³/mol. The van der Waals surface area contributed by atoms with Gasteiger partial charge in [-0.25, -0.2) is 0 Å². The zero-order valence-corrected chi connectivity index (χ0v) is 22.2. The topological polar surface area (TPSA) is 111 Å². The maximum Gasteiger partial charge on any atom is 0.248 e. The van der Waals surface area contributed by atoms with Gasteiger partial charge in [0, 0.05) is 36.8 Å². The Balaban J connectivity index is 0.000000248. The van der Waals surface area contributed by atoms with E-state index in [0.29, 0.717) is 25.0 Å². The number of aryl methyl sites for hydroxylation is 1. The van der Waals surface area contributed by atoms with E-state index in [1.807, 2.05) is 62.4 Å². The van der Waals surface area contributed by atoms with Gasteiger partial charge in [0.1, 0.15) is 12.4 Å². The molecule has 4 rings (SSSR count). The molecule has 1 saturated heterocycles. The molecule has 0 radical (unpaired) electrons. The number of hydrogen-bond acceptors (Lipinski definition) is 5. The molecule has 37 heavy (non-hydrogen) atoms. The molecule has 0 saturated carbocycles. The number of benzene rings is 2. The third kappa shape index (κ3) is 10.5. The summed E-state index contributed by atoms with van der Waals surface area (Å²) < 4.78 is 11.3. The molecule has 0 bridgehead atoms. The molecule has 2 aliphatic heterocycles. The fourth-order valence-corrected chi connectivity index (χ4v) is 3.93. The third-order valence-corrected chi connectivity index (χ3v) is 5.81. The van der Waals surface area contributed by atoms with E-state index >= 15 is 0 Å². The van der Waals surface area contributed by atoms with Crippen LogP contribution in [-0.2, 0) is 27.2 Å². The number of rotatable bonds is 7. The smallest absolute Gasteiger partial charge is 0.248 e. The van der Waals surface area contributed by atoms with E-state index in [1.165, 1.54) is 11.6 Å². The van der Waals surface area contributed by atoms with Crippen LogP contribution in [0.25, 0.3) is 0 Å². The van der Waals surface area contributed by atoms with Gasteiger partial charge in [-0.2, -0.15) is 0 Å². The molecule has 2 amide bonds. The Morgan fingerprint density at radius 2 is 1.92 bits per heavy atom. The Hall–Kier alpha value is -3.58. The lowest BCUT2D eigenvalue weighted by Crippen LogP contribution is -2.16. The standard InChI is InChI=1S/C15H19NO3.C13H15NO2.C2H6/c17-15-5-1-3-11-6-7-12(9-14(11)16-15)19-10-13-4-2-8-18-13;1-2-11(13(14)16)9-12(15)8-10-6-4-3-5-7-10;1-2/h6-7,9,13H,1-5,8,10H2,(H,16,17);2-7,9,15H,8H2,1H3,(H2,14,16);1-2H3/b;11-2-,12-9-;. The fourth-order valence-electron chi connectivity index (χ4n) is 3.93. The minimum Gasteiger partial charge on any atom is -0.512 e. The van der Waals surface area contributed by atoms with Crippen LogP contribution < -0.4 is 15.8 Å². The lowest BCUT2D eigenvalue weighted by molar-refractivity contribution is -0.116. The van der Waals surface area contributed by atoms with Gasteiger partial charge in [-0.05, 0) is 55.9 Å². The van der Waals surface area contributed by atoms with Crippen LogP contribution in [0, 0.1) is 0 Å². The largest absolute Gasteiger partial charge is 0.512 e. The lowest BCUT2D eigenvalue weighted by Gasteiger charge is -2.13. The number of aliphatic hydroxyl groups is 1. The number of carbonyl (C=O) groups excluding carboxylic acids is 2. The van der Waals surface area contributed by atoms with Crippen LogP contribution in [0.3, 0.4) is 0 Å². The van der Waals surface area contributed by atoms with E-state index in [1.54, 1.807) is 13.0 Å². The molecule has 0 aromatic heterocycles. The minimum atomic E-state index is -0.540. The van der Waals surface area contributed by atoms with Crippen molar-refractivity contribution < 1.29 is 24.2 Å². The summed E-state index contributed by atoms with van der Waals surface area (Å²) in [5.41, 5.74) is 8.51. The van der Waals surface area contributed by atoms with Gasteiger partial charge >= 0.3 is 0 Å². The molecular weight excluding hydrogens is 468 g/mol. The van der Waals surface area contributed by atoms with Crippen LogP contribution >= 0.6 is 0 Å². The van der Waals surface area contributed by atoms with Crippen LogP contribution in [0.15, 0.2) is 72.0 Å². The van der Waals surface area contributed by atoms with E-state index in [2.05, 4.69) is 5.32 Å². The summed E-state index contributed by atoms with van der Waals surface area (Å²) in [7, 11) is 0. The molecule has 1 unspecified atom stereocenters. The average Bonchev–Trinajstić information content (AvgIpc) is 3.36. The average molecular weight is 509 g/mol. The highest BCUT2D eigenvalue weighted by Gasteiger charge is 2.17. The van der Waals surface area contributed by atoms with E-state index in [0.717, 1.165) is 49.3 Å². The molecular formula is C30H40N2O5.